The summed E-state index contributed by atoms with van der Waals surface area (Å²) in [6.45, 7) is 14.9. The third-order valence-electron chi connectivity index (χ3n) is 0.965. The lowest BCUT2D eigenvalue weighted by Crippen LogP contribution is -2.03. The number of ether oxygens (including phenoxy) is 1. The second kappa shape index (κ2) is 32.1. The van der Waals surface area contributed by atoms with Gasteiger partial charge in [0.25, 0.3) is 12.4 Å². The highest BCUT2D eigenvalue weighted by Gasteiger charge is 1.98. The van der Waals surface area contributed by atoms with Crippen molar-refractivity contribution in [3.05, 3.63) is 37.5 Å². The minimum Gasteiger partial charge on any atom is -0.483 e. The lowest BCUT2D eigenvalue weighted by Gasteiger charge is -1.96. The van der Waals surface area contributed by atoms with E-state index in [9.17, 15) is 9.59 Å². The average molecular weight is 349 g/mol. The van der Waals surface area contributed by atoms with Crippen molar-refractivity contribution in [2.45, 2.75) is 20.8 Å². The lowest BCUT2D eigenvalue weighted by molar-refractivity contribution is -0.138. The number of carbonyl (C=O) groups is 4. The second-order valence-electron chi connectivity index (χ2n) is 3.19. The van der Waals surface area contributed by atoms with Gasteiger partial charge < -0.3 is 25.8 Å². The Bertz CT molecular complexity index is 374. The number of carboxylic acid groups (broad SMARTS) is 3. The van der Waals surface area contributed by atoms with E-state index in [0.29, 0.717) is 18.7 Å². The van der Waals surface area contributed by atoms with Gasteiger partial charge >= 0.3 is 11.9 Å². The molecule has 140 valence electrons. The fourth-order valence-corrected chi connectivity index (χ4v) is 0.254. The van der Waals surface area contributed by atoms with Crippen LogP contribution in [0.1, 0.15) is 20.8 Å². The van der Waals surface area contributed by atoms with Crippen LogP contribution in [0.3, 0.4) is 0 Å². The summed E-state index contributed by atoms with van der Waals surface area (Å²) in [5, 5.41) is 21.9. The van der Waals surface area contributed by atoms with Crippen LogP contribution in [-0.4, -0.2) is 52.9 Å². The maximum absolute atomic E-state index is 10.4. The van der Waals surface area contributed by atoms with Gasteiger partial charge in [0.1, 0.15) is 0 Å². The van der Waals surface area contributed by atoms with Gasteiger partial charge in [-0.05, 0) is 13.8 Å². The Kier molecular flexibility index (Phi) is 44.0. The van der Waals surface area contributed by atoms with Crippen LogP contribution in [0.2, 0.25) is 0 Å². The van der Waals surface area contributed by atoms with Gasteiger partial charge in [0.2, 0.25) is 0 Å². The Labute approximate surface area is 141 Å². The molecule has 0 aliphatic carbocycles. The molecule has 0 atom stereocenters. The van der Waals surface area contributed by atoms with E-state index in [-0.39, 0.29) is 12.4 Å². The maximum atomic E-state index is 10.4. The van der Waals surface area contributed by atoms with Gasteiger partial charge in [-0.3, -0.25) is 9.59 Å². The molecule has 9 heteroatoms. The van der Waals surface area contributed by atoms with Crippen LogP contribution < -0.4 is 5.73 Å². The van der Waals surface area contributed by atoms with E-state index in [1.165, 1.54) is 0 Å². The van der Waals surface area contributed by atoms with Crippen molar-refractivity contribution in [2.24, 2.45) is 5.73 Å². The fourth-order valence-electron chi connectivity index (χ4n) is 0.254. The summed E-state index contributed by atoms with van der Waals surface area (Å²) in [6, 6.07) is 0. The Hall–Kier alpha value is -2.94. The van der Waals surface area contributed by atoms with Gasteiger partial charge in [-0.25, -0.2) is 9.59 Å². The van der Waals surface area contributed by atoms with E-state index in [4.69, 9.17) is 30.6 Å². The summed E-state index contributed by atoms with van der Waals surface area (Å²) in [5.41, 5.74) is 5.36. The summed E-state index contributed by atoms with van der Waals surface area (Å²) in [7, 11) is 0. The number of esters is 1. The number of hydrogen-bond donors (Lipinski definition) is 4. The molecular weight excluding hydrogens is 322 g/mol. The van der Waals surface area contributed by atoms with Crippen LogP contribution in [0.5, 0.6) is 0 Å². The first kappa shape index (κ1) is 32.9. The van der Waals surface area contributed by atoms with Crippen LogP contribution in [0.15, 0.2) is 37.5 Å². The van der Waals surface area contributed by atoms with E-state index in [0.717, 1.165) is 13.0 Å². The second-order valence-corrected chi connectivity index (χ2v) is 3.19. The molecule has 0 aliphatic heterocycles. The number of hydrogen-bond acceptors (Lipinski definition) is 6. The van der Waals surface area contributed by atoms with Gasteiger partial charge in [-0.2, -0.15) is 0 Å². The summed E-state index contributed by atoms with van der Waals surface area (Å²) in [6.07, 6.45) is 2.49. The monoisotopic (exact) mass is 349 g/mol. The number of rotatable bonds is 4. The summed E-state index contributed by atoms with van der Waals surface area (Å²) in [4.78, 5) is 37.0. The predicted molar refractivity (Wildman–Crippen MR) is 90.5 cm³/mol. The summed E-state index contributed by atoms with van der Waals surface area (Å²) < 4.78 is 4.56. The number of carbonyl (C=O) groups excluding carboxylic acids is 1. The molecule has 0 fully saturated rings. The standard InChI is InChI=1S/C6H10O2.C3H7N.C3H4O2.C2H4O2.CH2O2/c1-4-8-6(7)5(2)3;1-2-3-4;1-2-3(4)5;1-2(3)4;2-1-3/h2,4H2,1,3H3;2H,1,3-4H2;2H,1H2,(H,4,5);1H3,(H,3,4);1H,(H,2,3). The molecular formula is C15H27NO8. The zero-order valence-corrected chi connectivity index (χ0v) is 14.2. The van der Waals surface area contributed by atoms with E-state index >= 15 is 0 Å². The van der Waals surface area contributed by atoms with Crippen molar-refractivity contribution < 1.29 is 39.2 Å². The van der Waals surface area contributed by atoms with Gasteiger partial charge in [0.15, 0.2) is 0 Å². The van der Waals surface area contributed by atoms with Crippen LogP contribution in [0.4, 0.5) is 0 Å². The normalized spacial score (nSPS) is 6.67. The van der Waals surface area contributed by atoms with Crippen LogP contribution >= 0.6 is 0 Å². The molecule has 0 bridgehead atoms. The molecule has 0 unspecified atom stereocenters. The molecule has 0 heterocycles. The molecule has 0 amide bonds. The van der Waals surface area contributed by atoms with Gasteiger partial charge in [0.05, 0.1) is 6.61 Å². The van der Waals surface area contributed by atoms with Gasteiger partial charge in [-0.15, -0.1) is 6.58 Å². The first-order valence-electron chi connectivity index (χ1n) is 6.28. The summed E-state index contributed by atoms with van der Waals surface area (Å²) >= 11 is 0. The van der Waals surface area contributed by atoms with Crippen LogP contribution in [0, 0.1) is 0 Å². The van der Waals surface area contributed by atoms with Crippen LogP contribution in [0.25, 0.3) is 0 Å². The Balaban J connectivity index is -0.0000000661. The predicted octanol–water partition coefficient (Wildman–Crippen LogP) is 1.31. The van der Waals surface area contributed by atoms with Crippen molar-refractivity contribution in [3.8, 4) is 0 Å². The average Bonchev–Trinajstić information content (AvgIpc) is 2.48. The maximum Gasteiger partial charge on any atom is 0.333 e. The molecule has 0 spiro atoms. The van der Waals surface area contributed by atoms with E-state index in [1.54, 1.807) is 19.9 Å². The number of aliphatic carboxylic acids is 2. The smallest absolute Gasteiger partial charge is 0.333 e. The zero-order valence-electron chi connectivity index (χ0n) is 14.2. The molecule has 0 aromatic heterocycles. The first-order valence-corrected chi connectivity index (χ1v) is 6.28. The van der Waals surface area contributed by atoms with Crippen molar-refractivity contribution in [1.29, 1.82) is 0 Å². The highest BCUT2D eigenvalue weighted by atomic mass is 16.5. The Morgan fingerprint density at radius 3 is 1.46 bits per heavy atom. The Morgan fingerprint density at radius 1 is 1.17 bits per heavy atom. The van der Waals surface area contributed by atoms with Gasteiger partial charge in [0, 0.05) is 25.1 Å². The van der Waals surface area contributed by atoms with Crippen LogP contribution in [-0.2, 0) is 23.9 Å². The molecule has 0 radical (unpaired) electrons. The number of carboxylic acids is 2. The zero-order chi connectivity index (χ0) is 20.6. The minimum absolute atomic E-state index is 0.250. The lowest BCUT2D eigenvalue weighted by atomic mass is 10.4. The number of nitrogens with two attached hydrogens (primary N) is 1. The SMILES string of the molecule is C=C(C)C(=O)OCC.C=CC(=O)O.C=CCN.CC(=O)O.O=CO. The van der Waals surface area contributed by atoms with E-state index in [1.807, 2.05) is 0 Å². The Morgan fingerprint density at radius 2 is 1.42 bits per heavy atom. The quantitative estimate of drug-likeness (QED) is 0.253. The molecule has 0 rings (SSSR count). The van der Waals surface area contributed by atoms with Crippen molar-refractivity contribution in [1.82, 2.24) is 0 Å². The molecule has 5 N–H and O–H groups in total. The summed E-state index contributed by atoms with van der Waals surface area (Å²) in [5.74, 6) is -2.13. The van der Waals surface area contributed by atoms with Crippen molar-refractivity contribution in [2.75, 3.05) is 13.2 Å². The molecule has 0 saturated heterocycles. The third-order valence-corrected chi connectivity index (χ3v) is 0.965. The first-order chi connectivity index (χ1) is 11.0. The molecule has 9 nitrogen and oxygen atoms in total. The van der Waals surface area contributed by atoms with Crippen molar-refractivity contribution in [3.63, 3.8) is 0 Å². The molecule has 0 aromatic rings. The van der Waals surface area contributed by atoms with E-state index in [2.05, 4.69) is 24.5 Å². The highest BCUT2D eigenvalue weighted by Crippen LogP contribution is 1.89. The largest absolute Gasteiger partial charge is 0.483 e. The van der Waals surface area contributed by atoms with E-state index < -0.39 is 11.9 Å². The molecule has 0 saturated carbocycles. The molecule has 24 heavy (non-hydrogen) atoms. The van der Waals surface area contributed by atoms with Gasteiger partial charge in [-0.1, -0.05) is 19.2 Å². The topological polar surface area (TPSA) is 164 Å². The van der Waals surface area contributed by atoms with Crippen molar-refractivity contribution >= 4 is 24.4 Å². The molecule has 0 aromatic carbocycles. The minimum atomic E-state index is -0.981. The molecule has 0 aliphatic rings. The highest BCUT2D eigenvalue weighted by molar-refractivity contribution is 5.86. The third kappa shape index (κ3) is 125. The fraction of sp³-hybridized carbons (Fsp3) is 0.333.